The minimum atomic E-state index is 0.343. The molecule has 0 aromatic carbocycles. The highest BCUT2D eigenvalue weighted by Crippen LogP contribution is 2.02. The lowest BCUT2D eigenvalue weighted by Gasteiger charge is -2.14. The van der Waals surface area contributed by atoms with Crippen molar-refractivity contribution in [2.24, 2.45) is 0 Å². The van der Waals surface area contributed by atoms with Gasteiger partial charge in [0.25, 0.3) is 0 Å². The number of ether oxygens (including phenoxy) is 1. The zero-order valence-electron chi connectivity index (χ0n) is 9.08. The van der Waals surface area contributed by atoms with Crippen LogP contribution in [-0.4, -0.2) is 31.8 Å². The number of rotatable bonds is 5. The third-order valence-corrected chi connectivity index (χ3v) is 2.20. The second-order valence-electron chi connectivity index (χ2n) is 3.47. The normalized spacial score (nSPS) is 12.8. The monoisotopic (exact) mass is 194 g/mol. The summed E-state index contributed by atoms with van der Waals surface area (Å²) in [6.07, 6.45) is 2.81. The number of nitrogens with zero attached hydrogens (tertiary/aromatic N) is 1. The van der Waals surface area contributed by atoms with Crippen molar-refractivity contribution in [1.82, 2.24) is 10.3 Å². The molecule has 0 aliphatic rings. The van der Waals surface area contributed by atoms with E-state index in [0.29, 0.717) is 12.6 Å². The number of aromatic nitrogens is 1. The molecule has 78 valence electrons. The number of nitrogens with one attached hydrogen (secondary N) is 1. The van der Waals surface area contributed by atoms with Crippen molar-refractivity contribution >= 4 is 0 Å². The van der Waals surface area contributed by atoms with E-state index in [0.717, 1.165) is 12.1 Å². The number of hydrogen-bond donors (Lipinski definition) is 1. The molecular formula is C11H18N2O. The van der Waals surface area contributed by atoms with Crippen molar-refractivity contribution < 1.29 is 4.74 Å². The van der Waals surface area contributed by atoms with Gasteiger partial charge in [-0.3, -0.25) is 4.98 Å². The van der Waals surface area contributed by atoms with E-state index in [1.165, 1.54) is 5.56 Å². The second kappa shape index (κ2) is 5.73. The van der Waals surface area contributed by atoms with E-state index in [9.17, 15) is 0 Å². The molecule has 1 aromatic heterocycles. The average molecular weight is 194 g/mol. The summed E-state index contributed by atoms with van der Waals surface area (Å²) in [7, 11) is 3.66. The Morgan fingerprint density at radius 3 is 2.79 bits per heavy atom. The summed E-state index contributed by atoms with van der Waals surface area (Å²) < 4.78 is 5.10. The molecule has 0 radical (unpaired) electrons. The Morgan fingerprint density at radius 2 is 2.29 bits per heavy atom. The van der Waals surface area contributed by atoms with Gasteiger partial charge in [-0.1, -0.05) is 6.07 Å². The second-order valence-corrected chi connectivity index (χ2v) is 3.47. The highest BCUT2D eigenvalue weighted by Gasteiger charge is 2.06. The summed E-state index contributed by atoms with van der Waals surface area (Å²) in [5.41, 5.74) is 2.30. The van der Waals surface area contributed by atoms with Gasteiger partial charge in [-0.05, 0) is 25.6 Å². The maximum absolute atomic E-state index is 5.10. The average Bonchev–Trinajstić information content (AvgIpc) is 2.20. The van der Waals surface area contributed by atoms with Gasteiger partial charge in [-0.2, -0.15) is 0 Å². The molecule has 0 saturated heterocycles. The molecule has 0 fully saturated rings. The van der Waals surface area contributed by atoms with Gasteiger partial charge in [-0.15, -0.1) is 0 Å². The van der Waals surface area contributed by atoms with Gasteiger partial charge >= 0.3 is 0 Å². The predicted molar refractivity (Wildman–Crippen MR) is 57.4 cm³/mol. The quantitative estimate of drug-likeness (QED) is 0.764. The van der Waals surface area contributed by atoms with Gasteiger partial charge in [0.15, 0.2) is 0 Å². The van der Waals surface area contributed by atoms with Gasteiger partial charge < -0.3 is 10.1 Å². The van der Waals surface area contributed by atoms with E-state index in [-0.39, 0.29) is 0 Å². The molecule has 0 spiro atoms. The van der Waals surface area contributed by atoms with Crippen LogP contribution in [0.1, 0.15) is 11.3 Å². The molecule has 0 aliphatic carbocycles. The number of aryl methyl sites for hydroxylation is 1. The standard InChI is InChI=1S/C11H18N2O/c1-9-4-5-10(13-7-9)6-11(12-2)8-14-3/h4-5,7,11-12H,6,8H2,1-3H3. The van der Waals surface area contributed by atoms with E-state index in [4.69, 9.17) is 4.74 Å². The van der Waals surface area contributed by atoms with Crippen LogP contribution >= 0.6 is 0 Å². The van der Waals surface area contributed by atoms with Crippen LogP contribution in [0.5, 0.6) is 0 Å². The third-order valence-electron chi connectivity index (χ3n) is 2.20. The van der Waals surface area contributed by atoms with Crippen LogP contribution in [0.4, 0.5) is 0 Å². The van der Waals surface area contributed by atoms with Crippen molar-refractivity contribution in [2.45, 2.75) is 19.4 Å². The van der Waals surface area contributed by atoms with E-state index in [1.807, 2.05) is 20.2 Å². The minimum absolute atomic E-state index is 0.343. The highest BCUT2D eigenvalue weighted by molar-refractivity contribution is 5.13. The first kappa shape index (κ1) is 11.1. The fourth-order valence-electron chi connectivity index (χ4n) is 1.32. The largest absolute Gasteiger partial charge is 0.383 e. The summed E-state index contributed by atoms with van der Waals surface area (Å²) in [6.45, 7) is 2.76. The molecule has 1 heterocycles. The number of hydrogen-bond acceptors (Lipinski definition) is 3. The van der Waals surface area contributed by atoms with Crippen LogP contribution in [0.3, 0.4) is 0 Å². The summed E-state index contributed by atoms with van der Waals surface area (Å²) in [5, 5.41) is 3.20. The molecule has 14 heavy (non-hydrogen) atoms. The van der Waals surface area contributed by atoms with Crippen LogP contribution in [0, 0.1) is 6.92 Å². The van der Waals surface area contributed by atoms with Crippen molar-refractivity contribution in [3.8, 4) is 0 Å². The maximum atomic E-state index is 5.10. The number of pyridine rings is 1. The van der Waals surface area contributed by atoms with E-state index in [2.05, 4.69) is 22.4 Å². The zero-order chi connectivity index (χ0) is 10.4. The summed E-state index contributed by atoms with van der Waals surface area (Å²) >= 11 is 0. The van der Waals surface area contributed by atoms with E-state index >= 15 is 0 Å². The Bertz CT molecular complexity index is 258. The summed E-state index contributed by atoms with van der Waals surface area (Å²) in [4.78, 5) is 4.35. The Morgan fingerprint density at radius 1 is 1.50 bits per heavy atom. The van der Waals surface area contributed by atoms with Crippen molar-refractivity contribution in [3.05, 3.63) is 29.6 Å². The molecule has 1 atom stereocenters. The van der Waals surface area contributed by atoms with Gasteiger partial charge in [0.05, 0.1) is 6.61 Å². The van der Waals surface area contributed by atoms with Gasteiger partial charge in [0, 0.05) is 31.5 Å². The first-order chi connectivity index (χ1) is 6.76. The van der Waals surface area contributed by atoms with Gasteiger partial charge in [-0.25, -0.2) is 0 Å². The molecule has 3 heteroatoms. The van der Waals surface area contributed by atoms with Crippen LogP contribution in [0.25, 0.3) is 0 Å². The first-order valence-electron chi connectivity index (χ1n) is 4.84. The molecular weight excluding hydrogens is 176 g/mol. The molecule has 0 saturated carbocycles. The van der Waals surface area contributed by atoms with E-state index in [1.54, 1.807) is 7.11 Å². The molecule has 1 N–H and O–H groups in total. The molecule has 3 nitrogen and oxygen atoms in total. The summed E-state index contributed by atoms with van der Waals surface area (Å²) in [5.74, 6) is 0. The fraction of sp³-hybridized carbons (Fsp3) is 0.545. The van der Waals surface area contributed by atoms with Crippen LogP contribution in [0.15, 0.2) is 18.3 Å². The van der Waals surface area contributed by atoms with Crippen LogP contribution in [-0.2, 0) is 11.2 Å². The third kappa shape index (κ3) is 3.44. The zero-order valence-corrected chi connectivity index (χ0v) is 9.08. The Kier molecular flexibility index (Phi) is 4.56. The Labute approximate surface area is 85.5 Å². The molecule has 1 aromatic rings. The lowest BCUT2D eigenvalue weighted by molar-refractivity contribution is 0.169. The molecule has 1 rings (SSSR count). The fourth-order valence-corrected chi connectivity index (χ4v) is 1.32. The lowest BCUT2D eigenvalue weighted by atomic mass is 10.1. The Balaban J connectivity index is 2.53. The van der Waals surface area contributed by atoms with Gasteiger partial charge in [0.2, 0.25) is 0 Å². The summed E-state index contributed by atoms with van der Waals surface area (Å²) in [6, 6.07) is 4.49. The van der Waals surface area contributed by atoms with Gasteiger partial charge in [0.1, 0.15) is 0 Å². The number of likely N-dealkylation sites (N-methyl/N-ethyl adjacent to an activating group) is 1. The topological polar surface area (TPSA) is 34.1 Å². The Hall–Kier alpha value is -0.930. The van der Waals surface area contributed by atoms with Crippen molar-refractivity contribution in [1.29, 1.82) is 0 Å². The smallest absolute Gasteiger partial charge is 0.0619 e. The highest BCUT2D eigenvalue weighted by atomic mass is 16.5. The number of methoxy groups -OCH3 is 1. The molecule has 0 aliphatic heterocycles. The predicted octanol–water partition coefficient (Wildman–Crippen LogP) is 1.17. The van der Waals surface area contributed by atoms with Crippen LogP contribution in [0.2, 0.25) is 0 Å². The molecule has 0 bridgehead atoms. The van der Waals surface area contributed by atoms with Crippen molar-refractivity contribution in [2.75, 3.05) is 20.8 Å². The van der Waals surface area contributed by atoms with E-state index < -0.39 is 0 Å². The lowest BCUT2D eigenvalue weighted by Crippen LogP contribution is -2.32. The SMILES string of the molecule is CNC(COC)Cc1ccc(C)cn1. The molecule has 0 amide bonds. The van der Waals surface area contributed by atoms with Crippen LogP contribution < -0.4 is 5.32 Å². The first-order valence-corrected chi connectivity index (χ1v) is 4.84. The molecule has 1 unspecified atom stereocenters. The van der Waals surface area contributed by atoms with Crippen molar-refractivity contribution in [3.63, 3.8) is 0 Å². The maximum Gasteiger partial charge on any atom is 0.0619 e. The minimum Gasteiger partial charge on any atom is -0.383 e.